The quantitative estimate of drug-likeness (QED) is 0.615. The average Bonchev–Trinajstić information content (AvgIpc) is 3.26. The zero-order chi connectivity index (χ0) is 21.8. The molecule has 5 nitrogen and oxygen atoms in total. The molecule has 4 aliphatic carbocycles. The van der Waals surface area contributed by atoms with Gasteiger partial charge in [0.05, 0.1) is 11.0 Å². The molecule has 0 radical (unpaired) electrons. The summed E-state index contributed by atoms with van der Waals surface area (Å²) < 4.78 is 11.7. The van der Waals surface area contributed by atoms with Crippen molar-refractivity contribution in [2.45, 2.75) is 71.6 Å². The minimum Gasteiger partial charge on any atom is -0.427 e. The third kappa shape index (κ3) is 2.53. The van der Waals surface area contributed by atoms with Gasteiger partial charge in [-0.3, -0.25) is 0 Å². The molecule has 6 aliphatic rings. The number of aliphatic hydroxyl groups excluding tert-OH is 1. The predicted molar refractivity (Wildman–Crippen MR) is 115 cm³/mol. The fraction of sp³-hybridized carbons (Fsp3) is 0.615. The van der Waals surface area contributed by atoms with Crippen LogP contribution in [0.2, 0.25) is 0 Å². The lowest BCUT2D eigenvalue weighted by atomic mass is 9.38. The van der Waals surface area contributed by atoms with Crippen LogP contribution in [0.1, 0.15) is 71.6 Å². The molecule has 6 rings (SSSR count). The monoisotopic (exact) mass is 424 g/mol. The Hall–Kier alpha value is -2.14. The number of fused-ring (bicyclic) bond motifs is 1. The van der Waals surface area contributed by atoms with Gasteiger partial charge >= 0.3 is 11.9 Å². The van der Waals surface area contributed by atoms with Crippen LogP contribution in [0.25, 0.3) is 0 Å². The van der Waals surface area contributed by atoms with Gasteiger partial charge < -0.3 is 14.6 Å². The van der Waals surface area contributed by atoms with Crippen LogP contribution >= 0.6 is 0 Å². The summed E-state index contributed by atoms with van der Waals surface area (Å²) in [5, 5.41) is 10.3. The van der Waals surface area contributed by atoms with Crippen molar-refractivity contribution in [1.82, 2.24) is 0 Å². The average molecular weight is 425 g/mol. The molecule has 2 heterocycles. The summed E-state index contributed by atoms with van der Waals surface area (Å²) in [5.74, 6) is 1.27. The lowest BCUT2D eigenvalue weighted by Crippen LogP contribution is -2.59. The number of carbonyl (C=O) groups is 2. The van der Waals surface area contributed by atoms with Gasteiger partial charge in [0.2, 0.25) is 0 Å². The van der Waals surface area contributed by atoms with Crippen LogP contribution in [0.15, 0.2) is 46.5 Å². The van der Waals surface area contributed by atoms with Gasteiger partial charge in [0, 0.05) is 23.2 Å². The fourth-order valence-electron chi connectivity index (χ4n) is 7.33. The molecule has 5 heteroatoms. The van der Waals surface area contributed by atoms with E-state index >= 15 is 0 Å². The normalized spacial score (nSPS) is 38.2. The van der Waals surface area contributed by atoms with E-state index in [9.17, 15) is 14.7 Å². The van der Waals surface area contributed by atoms with Crippen molar-refractivity contribution in [3.05, 3.63) is 46.5 Å². The van der Waals surface area contributed by atoms with Crippen molar-refractivity contribution < 1.29 is 24.2 Å². The minimum absolute atomic E-state index is 0.0361. The van der Waals surface area contributed by atoms with Crippen LogP contribution < -0.4 is 0 Å². The molecule has 1 saturated heterocycles. The van der Waals surface area contributed by atoms with E-state index in [4.69, 9.17) is 9.47 Å². The first-order valence-corrected chi connectivity index (χ1v) is 12.0. The second kappa shape index (κ2) is 7.47. The standard InChI is InChI=1S/C26H32O5/c1-3-5-7-20-17-9-10-18-16-11-12-25(26(18,13-14-27)22(17)24(29)30-20)19(15-16)23(28)31-21(25)8-6-4-2/h7-8,15-16,18,27H,3-6,9-14H2,1-2H3/b20-7-,21-8?/t16-,18-,25+,26+/m0/s1. The highest BCUT2D eigenvalue weighted by molar-refractivity contribution is 6.01. The van der Waals surface area contributed by atoms with E-state index in [1.807, 2.05) is 6.08 Å². The molecule has 4 atom stereocenters. The molecule has 2 bridgehead atoms. The van der Waals surface area contributed by atoms with Gasteiger partial charge in [0.25, 0.3) is 0 Å². The van der Waals surface area contributed by atoms with Crippen molar-refractivity contribution in [3.63, 3.8) is 0 Å². The lowest BCUT2D eigenvalue weighted by Gasteiger charge is -2.62. The molecule has 0 unspecified atom stereocenters. The van der Waals surface area contributed by atoms with Crippen LogP contribution in [0.4, 0.5) is 0 Å². The molecule has 1 spiro atoms. The molecule has 0 aromatic heterocycles. The number of ether oxygens (including phenoxy) is 2. The van der Waals surface area contributed by atoms with E-state index in [1.165, 1.54) is 0 Å². The van der Waals surface area contributed by atoms with Crippen molar-refractivity contribution in [2.24, 2.45) is 22.7 Å². The summed E-state index contributed by atoms with van der Waals surface area (Å²) in [4.78, 5) is 26.4. The van der Waals surface area contributed by atoms with Crippen molar-refractivity contribution in [1.29, 1.82) is 0 Å². The van der Waals surface area contributed by atoms with E-state index in [0.717, 1.165) is 62.5 Å². The number of hydrogen-bond donors (Lipinski definition) is 1. The lowest BCUT2D eigenvalue weighted by molar-refractivity contribution is -0.138. The van der Waals surface area contributed by atoms with Crippen LogP contribution in [-0.4, -0.2) is 23.7 Å². The Kier molecular flexibility index (Phi) is 5.00. The Balaban J connectivity index is 1.78. The van der Waals surface area contributed by atoms with Gasteiger partial charge in [-0.05, 0) is 68.9 Å². The highest BCUT2D eigenvalue weighted by Gasteiger charge is 2.73. The third-order valence-electron chi connectivity index (χ3n) is 8.35. The molecule has 0 aromatic carbocycles. The Bertz CT molecular complexity index is 951. The van der Waals surface area contributed by atoms with Gasteiger partial charge in [-0.15, -0.1) is 0 Å². The SMILES string of the molecule is CCCC=C1OC(=O)C2=C[C@@H]3CC[C@]12[C@@]1(CCO)C2=C(CC[C@@H]31)/C(=C/CCC)OC2=O. The smallest absolute Gasteiger partial charge is 0.340 e. The van der Waals surface area contributed by atoms with E-state index in [2.05, 4.69) is 26.0 Å². The summed E-state index contributed by atoms with van der Waals surface area (Å²) >= 11 is 0. The van der Waals surface area contributed by atoms with Crippen LogP contribution in [0, 0.1) is 22.7 Å². The molecule has 166 valence electrons. The number of cyclic esters (lactones) is 2. The van der Waals surface area contributed by atoms with Crippen LogP contribution in [0.3, 0.4) is 0 Å². The van der Waals surface area contributed by atoms with Gasteiger partial charge in [-0.25, -0.2) is 9.59 Å². The molecule has 0 aromatic rings. The highest BCUT2D eigenvalue weighted by atomic mass is 16.5. The fourth-order valence-corrected chi connectivity index (χ4v) is 7.33. The topological polar surface area (TPSA) is 72.8 Å². The molecule has 2 fully saturated rings. The molecular formula is C26H32O5. The first-order valence-electron chi connectivity index (χ1n) is 12.0. The van der Waals surface area contributed by atoms with Gasteiger partial charge in [0.1, 0.15) is 11.5 Å². The zero-order valence-electron chi connectivity index (χ0n) is 18.5. The molecular weight excluding hydrogens is 392 g/mol. The van der Waals surface area contributed by atoms with E-state index in [1.54, 1.807) is 0 Å². The van der Waals surface area contributed by atoms with Crippen LogP contribution in [0.5, 0.6) is 0 Å². The van der Waals surface area contributed by atoms with Crippen molar-refractivity contribution >= 4 is 11.9 Å². The molecule has 2 aliphatic heterocycles. The number of carbonyl (C=O) groups excluding carboxylic acids is 2. The number of rotatable bonds is 6. The predicted octanol–water partition coefficient (Wildman–Crippen LogP) is 4.88. The van der Waals surface area contributed by atoms with Crippen molar-refractivity contribution in [3.8, 4) is 0 Å². The van der Waals surface area contributed by atoms with E-state index in [-0.39, 0.29) is 30.4 Å². The zero-order valence-corrected chi connectivity index (χ0v) is 18.5. The first kappa shape index (κ1) is 20.7. The summed E-state index contributed by atoms with van der Waals surface area (Å²) in [6.07, 6.45) is 13.8. The minimum atomic E-state index is -0.665. The Morgan fingerprint density at radius 2 is 1.87 bits per heavy atom. The van der Waals surface area contributed by atoms with Gasteiger partial charge in [0.15, 0.2) is 0 Å². The van der Waals surface area contributed by atoms with Crippen molar-refractivity contribution in [2.75, 3.05) is 6.61 Å². The van der Waals surface area contributed by atoms with Gasteiger partial charge in [-0.2, -0.15) is 0 Å². The number of esters is 2. The third-order valence-corrected chi connectivity index (χ3v) is 8.35. The maximum Gasteiger partial charge on any atom is 0.340 e. The van der Waals surface area contributed by atoms with E-state index in [0.29, 0.717) is 23.5 Å². The maximum absolute atomic E-state index is 13.4. The molecule has 31 heavy (non-hydrogen) atoms. The first-order chi connectivity index (χ1) is 15.0. The summed E-state index contributed by atoms with van der Waals surface area (Å²) in [6.45, 7) is 4.17. The van der Waals surface area contributed by atoms with E-state index < -0.39 is 10.8 Å². The Morgan fingerprint density at radius 1 is 1.10 bits per heavy atom. The van der Waals surface area contributed by atoms with Crippen LogP contribution in [-0.2, 0) is 19.1 Å². The second-order valence-corrected chi connectivity index (χ2v) is 9.63. The maximum atomic E-state index is 13.4. The number of unbranched alkanes of at least 4 members (excludes halogenated alkanes) is 2. The molecule has 0 amide bonds. The second-order valence-electron chi connectivity index (χ2n) is 9.63. The Labute approximate surface area is 183 Å². The summed E-state index contributed by atoms with van der Waals surface area (Å²) in [5.41, 5.74) is 1.12. The molecule has 1 saturated carbocycles. The highest BCUT2D eigenvalue weighted by Crippen LogP contribution is 2.75. The number of aliphatic hydroxyl groups is 1. The number of allylic oxidation sites excluding steroid dienone is 5. The largest absolute Gasteiger partial charge is 0.427 e. The molecule has 1 N–H and O–H groups in total. The van der Waals surface area contributed by atoms with Gasteiger partial charge in [-0.1, -0.05) is 32.8 Å². The summed E-state index contributed by atoms with van der Waals surface area (Å²) in [7, 11) is 0. The summed E-state index contributed by atoms with van der Waals surface area (Å²) in [6, 6.07) is 0. The Morgan fingerprint density at radius 3 is 2.61 bits per heavy atom. The number of hydrogen-bond acceptors (Lipinski definition) is 5.